The number of hydrogen-bond acceptors (Lipinski definition) is 2. The predicted octanol–water partition coefficient (Wildman–Crippen LogP) is 4.35. The smallest absolute Gasteiger partial charge is 0.255 e. The molecule has 0 aliphatic rings. The van der Waals surface area contributed by atoms with Crippen molar-refractivity contribution in [3.05, 3.63) is 24.0 Å². The number of nitrogens with zero attached hydrogens (tertiary/aromatic N) is 1. The van der Waals surface area contributed by atoms with Crippen molar-refractivity contribution in [3.8, 4) is 0 Å². The average Bonchev–Trinajstić information content (AvgIpc) is 2.68. The number of carbonyl (C=O) groups excluding carboxylic acids is 1. The summed E-state index contributed by atoms with van der Waals surface area (Å²) in [6, 6.07) is 4.42. The van der Waals surface area contributed by atoms with Crippen LogP contribution in [0.5, 0.6) is 0 Å². The van der Waals surface area contributed by atoms with Gasteiger partial charge < -0.3 is 9.30 Å². The van der Waals surface area contributed by atoms with Gasteiger partial charge in [-0.1, -0.05) is 54.4 Å². The van der Waals surface area contributed by atoms with Crippen LogP contribution in [0, 0.1) is 0 Å². The summed E-state index contributed by atoms with van der Waals surface area (Å²) >= 11 is 16.8. The summed E-state index contributed by atoms with van der Waals surface area (Å²) in [5, 5.41) is 0. The van der Waals surface area contributed by atoms with Crippen molar-refractivity contribution in [2.45, 2.75) is 36.2 Å². The molecule has 1 aromatic rings. The van der Waals surface area contributed by atoms with Crippen molar-refractivity contribution >= 4 is 48.7 Å². The molecule has 0 saturated heterocycles. The number of carbonyl (C=O) groups is 1. The Hall–Kier alpha value is -0.00312. The Labute approximate surface area is 129 Å². The predicted molar refractivity (Wildman–Crippen MR) is 83.2 cm³/mol. The second-order valence-electron chi connectivity index (χ2n) is 5.54. The van der Waals surface area contributed by atoms with Gasteiger partial charge in [0.05, 0.1) is 5.69 Å². The molecule has 0 atom stereocenters. The third kappa shape index (κ3) is 5.88. The monoisotopic (exact) mass is 341 g/mol. The largest absolute Gasteiger partial charge is 0.361 e. The van der Waals surface area contributed by atoms with E-state index in [-0.39, 0.29) is 0 Å². The van der Waals surface area contributed by atoms with Crippen molar-refractivity contribution < 1.29 is 9.53 Å². The van der Waals surface area contributed by atoms with Crippen molar-refractivity contribution in [3.63, 3.8) is 0 Å². The summed E-state index contributed by atoms with van der Waals surface area (Å²) in [6.07, 6.45) is 1.73. The molecule has 1 aromatic heterocycles. The van der Waals surface area contributed by atoms with E-state index < -0.39 is 17.6 Å². The highest BCUT2D eigenvalue weighted by Gasteiger charge is 2.33. The second kappa shape index (κ2) is 6.63. The Morgan fingerprint density at radius 3 is 2.53 bits per heavy atom. The number of alkyl halides is 3. The fourth-order valence-corrected chi connectivity index (χ4v) is 2.47. The van der Waals surface area contributed by atoms with Gasteiger partial charge in [-0.05, 0) is 18.2 Å². The molecule has 19 heavy (non-hydrogen) atoms. The molecule has 0 N–H and O–H groups in total. The maximum absolute atomic E-state index is 11.9. The molecule has 0 aliphatic carbocycles. The van der Waals surface area contributed by atoms with Gasteiger partial charge >= 0.3 is 0 Å². The van der Waals surface area contributed by atoms with Gasteiger partial charge in [0.1, 0.15) is 6.73 Å². The molecule has 0 bridgehead atoms. The number of halogens is 3. The van der Waals surface area contributed by atoms with Crippen molar-refractivity contribution in [2.24, 2.45) is 0 Å². The minimum atomic E-state index is -1.94. The van der Waals surface area contributed by atoms with Gasteiger partial charge in [-0.25, -0.2) is 0 Å². The minimum Gasteiger partial charge on any atom is -0.361 e. The highest BCUT2D eigenvalue weighted by atomic mass is 35.6. The van der Waals surface area contributed by atoms with Crippen molar-refractivity contribution in [1.29, 1.82) is 0 Å². The maximum atomic E-state index is 11.9. The van der Waals surface area contributed by atoms with Crippen molar-refractivity contribution in [2.75, 3.05) is 6.61 Å². The molecule has 0 aromatic carbocycles. The summed E-state index contributed by atoms with van der Waals surface area (Å²) in [7, 11) is -1.11. The molecule has 0 amide bonds. The third-order valence-corrected chi connectivity index (χ3v) is 4.77. The van der Waals surface area contributed by atoms with E-state index in [4.69, 9.17) is 39.5 Å². The highest BCUT2D eigenvalue weighted by Crippen LogP contribution is 2.30. The van der Waals surface area contributed by atoms with E-state index >= 15 is 0 Å². The lowest BCUT2D eigenvalue weighted by molar-refractivity contribution is 0.0807. The van der Waals surface area contributed by atoms with Crippen LogP contribution in [0.25, 0.3) is 0 Å². The molecule has 7 heteroatoms. The average molecular weight is 343 g/mol. The lowest BCUT2D eigenvalue weighted by Crippen LogP contribution is -2.24. The SMILES string of the molecule is C[Si](C)(C)CCOCn1cccc1C(=O)C(Cl)(Cl)Cl. The molecule has 0 fully saturated rings. The molecule has 1 heterocycles. The van der Waals surface area contributed by atoms with Crippen LogP contribution in [0.1, 0.15) is 10.5 Å². The topological polar surface area (TPSA) is 31.2 Å². The van der Waals surface area contributed by atoms with Crippen LogP contribution in [0.4, 0.5) is 0 Å². The fraction of sp³-hybridized carbons (Fsp3) is 0.583. The quantitative estimate of drug-likeness (QED) is 0.333. The first-order valence-corrected chi connectivity index (χ1v) is 10.8. The molecule has 0 unspecified atom stereocenters. The molecular weight excluding hydrogens is 325 g/mol. The summed E-state index contributed by atoms with van der Waals surface area (Å²) in [6.45, 7) is 7.81. The van der Waals surface area contributed by atoms with E-state index in [1.165, 1.54) is 0 Å². The van der Waals surface area contributed by atoms with Crippen molar-refractivity contribution in [1.82, 2.24) is 4.57 Å². The van der Waals surface area contributed by atoms with E-state index in [1.54, 1.807) is 22.9 Å². The Balaban J connectivity index is 2.57. The zero-order valence-electron chi connectivity index (χ0n) is 11.3. The first-order chi connectivity index (χ1) is 8.61. The molecular formula is C12H18Cl3NO2Si. The zero-order chi connectivity index (χ0) is 14.7. The molecule has 1 rings (SSSR count). The van der Waals surface area contributed by atoms with E-state index in [1.807, 2.05) is 0 Å². The lowest BCUT2D eigenvalue weighted by Gasteiger charge is -2.17. The normalized spacial score (nSPS) is 12.7. The van der Waals surface area contributed by atoms with Gasteiger partial charge in [0.15, 0.2) is 0 Å². The number of ether oxygens (including phenoxy) is 1. The molecule has 0 saturated carbocycles. The second-order valence-corrected chi connectivity index (χ2v) is 13.4. The Morgan fingerprint density at radius 2 is 2.00 bits per heavy atom. The molecule has 0 aliphatic heterocycles. The van der Waals surface area contributed by atoms with Gasteiger partial charge in [-0.2, -0.15) is 0 Å². The lowest BCUT2D eigenvalue weighted by atomic mass is 10.3. The van der Waals surface area contributed by atoms with Gasteiger partial charge in [0, 0.05) is 20.9 Å². The first-order valence-electron chi connectivity index (χ1n) is 5.96. The van der Waals surface area contributed by atoms with E-state index in [0.717, 1.165) is 6.04 Å². The maximum Gasteiger partial charge on any atom is 0.255 e. The fourth-order valence-electron chi connectivity index (χ4n) is 1.42. The standard InChI is InChI=1S/C12H18Cl3NO2Si/c1-19(2,3)8-7-18-9-16-6-4-5-10(16)11(17)12(13,14)15/h4-6H,7-9H2,1-3H3. The van der Waals surface area contributed by atoms with Crippen LogP contribution in [-0.2, 0) is 11.5 Å². The van der Waals surface area contributed by atoms with Crippen LogP contribution in [0.2, 0.25) is 25.7 Å². The number of rotatable bonds is 6. The van der Waals surface area contributed by atoms with Gasteiger partial charge in [0.25, 0.3) is 3.79 Å². The number of ketones is 1. The van der Waals surface area contributed by atoms with Crippen LogP contribution in [0.3, 0.4) is 0 Å². The summed E-state index contributed by atoms with van der Waals surface area (Å²) < 4.78 is 5.28. The number of hydrogen-bond donors (Lipinski definition) is 0. The third-order valence-electron chi connectivity index (χ3n) is 2.55. The van der Waals surface area contributed by atoms with Gasteiger partial charge in [-0.3, -0.25) is 4.79 Å². The Morgan fingerprint density at radius 1 is 1.37 bits per heavy atom. The Kier molecular flexibility index (Phi) is 5.95. The van der Waals surface area contributed by atoms with E-state index in [9.17, 15) is 4.79 Å². The van der Waals surface area contributed by atoms with Crippen LogP contribution in [0.15, 0.2) is 18.3 Å². The summed E-state index contributed by atoms with van der Waals surface area (Å²) in [5.41, 5.74) is 0.341. The Bertz CT molecular complexity index is 435. The zero-order valence-corrected chi connectivity index (χ0v) is 14.5. The first kappa shape index (κ1) is 17.0. The summed E-state index contributed by atoms with van der Waals surface area (Å²) in [4.78, 5) is 11.9. The number of aromatic nitrogens is 1. The highest BCUT2D eigenvalue weighted by molar-refractivity contribution is 6.77. The van der Waals surface area contributed by atoms with Gasteiger partial charge in [-0.15, -0.1) is 0 Å². The summed E-state index contributed by atoms with van der Waals surface area (Å²) in [5.74, 6) is -0.545. The molecule has 0 radical (unpaired) electrons. The van der Waals surface area contributed by atoms with Crippen LogP contribution in [-0.4, -0.2) is 28.8 Å². The van der Waals surface area contributed by atoms with E-state index in [0.29, 0.717) is 19.0 Å². The van der Waals surface area contributed by atoms with Crippen LogP contribution >= 0.6 is 34.8 Å². The van der Waals surface area contributed by atoms with Gasteiger partial charge in [0.2, 0.25) is 5.78 Å². The minimum absolute atomic E-state index is 0.291. The van der Waals surface area contributed by atoms with Crippen LogP contribution < -0.4 is 0 Å². The number of Topliss-reactive ketones (excluding diaryl/α,β-unsaturated/α-hetero) is 1. The molecule has 108 valence electrons. The molecule has 3 nitrogen and oxygen atoms in total. The molecule has 0 spiro atoms. The van der Waals surface area contributed by atoms with E-state index in [2.05, 4.69) is 19.6 Å².